The number of hydrogen-bond acceptors (Lipinski definition) is 2. The molecule has 2 N–H and O–H groups in total. The van der Waals surface area contributed by atoms with E-state index in [1.54, 1.807) is 0 Å². The van der Waals surface area contributed by atoms with E-state index < -0.39 is 0 Å². The Balaban J connectivity index is 3.38. The third-order valence-corrected chi connectivity index (χ3v) is 2.16. The monoisotopic (exact) mass is 198 g/mol. The minimum Gasteiger partial charge on any atom is -0.336 e. The molecule has 1 heterocycles. The van der Waals surface area contributed by atoms with Crippen molar-refractivity contribution in [3.63, 3.8) is 0 Å². The first kappa shape index (κ1) is 9.35. The first-order valence-electron chi connectivity index (χ1n) is 3.58. The molecule has 64 valence electrons. The molecule has 0 aliphatic heterocycles. The maximum atomic E-state index is 5.10. The van der Waals surface area contributed by atoms with Crippen molar-refractivity contribution < 1.29 is 0 Å². The lowest BCUT2D eigenvalue weighted by Gasteiger charge is -2.01. The molecule has 1 aromatic heterocycles. The minimum absolute atomic E-state index is 0.574. The van der Waals surface area contributed by atoms with Crippen LogP contribution in [0.15, 0.2) is 12.7 Å². The summed E-state index contributed by atoms with van der Waals surface area (Å²) in [5, 5.41) is 0. The SMILES string of the molecule is C=CCc1c(C)[nH]c(=S)[nH]c1=S. The smallest absolute Gasteiger partial charge is 0.175 e. The van der Waals surface area contributed by atoms with E-state index in [0.717, 1.165) is 17.7 Å². The maximum Gasteiger partial charge on any atom is 0.175 e. The average Bonchev–Trinajstić information content (AvgIpc) is 1.96. The van der Waals surface area contributed by atoms with Crippen LogP contribution in [0, 0.1) is 16.3 Å². The Morgan fingerprint density at radius 1 is 1.42 bits per heavy atom. The van der Waals surface area contributed by atoms with Crippen molar-refractivity contribution in [2.24, 2.45) is 0 Å². The quantitative estimate of drug-likeness (QED) is 0.565. The van der Waals surface area contributed by atoms with E-state index in [0.29, 0.717) is 9.41 Å². The van der Waals surface area contributed by atoms with Crippen molar-refractivity contribution in [2.75, 3.05) is 0 Å². The lowest BCUT2D eigenvalue weighted by atomic mass is 10.2. The number of nitrogens with one attached hydrogen (secondary N) is 2. The van der Waals surface area contributed by atoms with Gasteiger partial charge in [-0.3, -0.25) is 0 Å². The van der Waals surface area contributed by atoms with Crippen LogP contribution in [0.3, 0.4) is 0 Å². The fourth-order valence-corrected chi connectivity index (χ4v) is 1.67. The second-order valence-corrected chi connectivity index (χ2v) is 3.32. The van der Waals surface area contributed by atoms with E-state index >= 15 is 0 Å². The van der Waals surface area contributed by atoms with Gasteiger partial charge < -0.3 is 9.97 Å². The Morgan fingerprint density at radius 2 is 2.08 bits per heavy atom. The molecule has 0 bridgehead atoms. The normalized spacial score (nSPS) is 9.75. The lowest BCUT2D eigenvalue weighted by molar-refractivity contribution is 0.998. The maximum absolute atomic E-state index is 5.10. The van der Waals surface area contributed by atoms with Gasteiger partial charge in [0.05, 0.1) is 0 Å². The molecule has 12 heavy (non-hydrogen) atoms. The molecule has 2 nitrogen and oxygen atoms in total. The summed E-state index contributed by atoms with van der Waals surface area (Å²) in [6.07, 6.45) is 2.59. The molecule has 0 fully saturated rings. The summed E-state index contributed by atoms with van der Waals surface area (Å²) in [6.45, 7) is 5.62. The summed E-state index contributed by atoms with van der Waals surface area (Å²) in [4.78, 5) is 5.90. The summed E-state index contributed by atoms with van der Waals surface area (Å²) < 4.78 is 1.28. The minimum atomic E-state index is 0.574. The summed E-state index contributed by atoms with van der Waals surface area (Å²) >= 11 is 10.0. The second-order valence-electron chi connectivity index (χ2n) is 2.50. The molecule has 0 aliphatic carbocycles. The number of allylic oxidation sites excluding steroid dienone is 1. The summed E-state index contributed by atoms with van der Waals surface area (Å²) in [6, 6.07) is 0. The number of rotatable bonds is 2. The third kappa shape index (κ3) is 1.89. The van der Waals surface area contributed by atoms with Gasteiger partial charge in [0.2, 0.25) is 0 Å². The van der Waals surface area contributed by atoms with Gasteiger partial charge in [-0.2, -0.15) is 0 Å². The topological polar surface area (TPSA) is 31.6 Å². The van der Waals surface area contributed by atoms with E-state index in [2.05, 4.69) is 16.5 Å². The molecule has 0 radical (unpaired) electrons. The molecule has 0 saturated carbocycles. The van der Waals surface area contributed by atoms with Crippen molar-refractivity contribution in [2.45, 2.75) is 13.3 Å². The highest BCUT2D eigenvalue weighted by Gasteiger charge is 1.98. The van der Waals surface area contributed by atoms with Crippen LogP contribution in [-0.4, -0.2) is 9.97 Å². The molecular weight excluding hydrogens is 188 g/mol. The molecule has 0 unspecified atom stereocenters. The number of aryl methyl sites for hydroxylation is 1. The van der Waals surface area contributed by atoms with Gasteiger partial charge in [-0.05, 0) is 25.6 Å². The number of H-pyrrole nitrogens is 2. The predicted octanol–water partition coefficient (Wildman–Crippen LogP) is 2.84. The zero-order valence-corrected chi connectivity index (χ0v) is 8.44. The van der Waals surface area contributed by atoms with Crippen LogP contribution in [0.5, 0.6) is 0 Å². The molecular formula is C8H10N2S2. The fraction of sp³-hybridized carbons (Fsp3) is 0.250. The Kier molecular flexibility index (Phi) is 2.94. The Hall–Kier alpha value is -0.740. The summed E-state index contributed by atoms with van der Waals surface area (Å²) in [5.41, 5.74) is 2.08. The van der Waals surface area contributed by atoms with E-state index in [4.69, 9.17) is 24.4 Å². The van der Waals surface area contributed by atoms with Crippen LogP contribution >= 0.6 is 24.4 Å². The largest absolute Gasteiger partial charge is 0.336 e. The van der Waals surface area contributed by atoms with E-state index in [1.807, 2.05) is 13.0 Å². The van der Waals surface area contributed by atoms with Gasteiger partial charge in [0, 0.05) is 11.3 Å². The molecule has 4 heteroatoms. The second kappa shape index (κ2) is 3.78. The van der Waals surface area contributed by atoms with Crippen molar-refractivity contribution in [1.82, 2.24) is 9.97 Å². The highest BCUT2D eigenvalue weighted by molar-refractivity contribution is 7.72. The molecule has 1 aromatic rings. The first-order valence-corrected chi connectivity index (χ1v) is 4.39. The van der Waals surface area contributed by atoms with E-state index in [-0.39, 0.29) is 0 Å². The van der Waals surface area contributed by atoms with Gasteiger partial charge in [-0.1, -0.05) is 18.3 Å². The van der Waals surface area contributed by atoms with Gasteiger partial charge in [-0.15, -0.1) is 6.58 Å². The fourth-order valence-electron chi connectivity index (χ4n) is 1.02. The molecule has 0 amide bonds. The lowest BCUT2D eigenvalue weighted by Crippen LogP contribution is -1.95. The van der Waals surface area contributed by atoms with E-state index in [9.17, 15) is 0 Å². The van der Waals surface area contributed by atoms with Crippen molar-refractivity contribution in [3.8, 4) is 0 Å². The van der Waals surface area contributed by atoms with Crippen molar-refractivity contribution >= 4 is 24.4 Å². The molecule has 0 atom stereocenters. The number of hydrogen-bond donors (Lipinski definition) is 2. The predicted molar refractivity (Wildman–Crippen MR) is 55.4 cm³/mol. The van der Waals surface area contributed by atoms with Crippen LogP contribution < -0.4 is 0 Å². The van der Waals surface area contributed by atoms with Crippen LogP contribution in [0.1, 0.15) is 11.3 Å². The van der Waals surface area contributed by atoms with Gasteiger partial charge in [-0.25, -0.2) is 0 Å². The van der Waals surface area contributed by atoms with Crippen molar-refractivity contribution in [1.29, 1.82) is 0 Å². The van der Waals surface area contributed by atoms with Gasteiger partial charge in [0.15, 0.2) is 4.77 Å². The highest BCUT2D eigenvalue weighted by Crippen LogP contribution is 2.06. The van der Waals surface area contributed by atoms with Gasteiger partial charge >= 0.3 is 0 Å². The zero-order valence-electron chi connectivity index (χ0n) is 6.81. The van der Waals surface area contributed by atoms with Gasteiger partial charge in [0.1, 0.15) is 4.64 Å². The van der Waals surface area contributed by atoms with Crippen molar-refractivity contribution in [3.05, 3.63) is 33.3 Å². The molecule has 1 rings (SSSR count). The Labute approximate surface area is 81.4 Å². The van der Waals surface area contributed by atoms with E-state index in [1.165, 1.54) is 0 Å². The summed E-state index contributed by atoms with van der Waals surface area (Å²) in [5.74, 6) is 0. The number of aromatic nitrogens is 2. The molecule has 0 aromatic carbocycles. The van der Waals surface area contributed by atoms with Crippen LogP contribution in [-0.2, 0) is 6.42 Å². The first-order chi connectivity index (χ1) is 5.65. The van der Waals surface area contributed by atoms with Crippen LogP contribution in [0.25, 0.3) is 0 Å². The third-order valence-electron chi connectivity index (χ3n) is 1.60. The molecule has 0 aliphatic rings. The van der Waals surface area contributed by atoms with Crippen LogP contribution in [0.4, 0.5) is 0 Å². The van der Waals surface area contributed by atoms with Crippen LogP contribution in [0.2, 0.25) is 0 Å². The Morgan fingerprint density at radius 3 is 2.58 bits per heavy atom. The average molecular weight is 198 g/mol. The standard InChI is InChI=1S/C8H10N2S2/c1-3-4-6-5(2)9-8(12)10-7(6)11/h3H,1,4H2,2H3,(H2,9,10,11,12). The molecule has 0 saturated heterocycles. The summed E-state index contributed by atoms with van der Waals surface area (Å²) in [7, 11) is 0. The molecule has 0 spiro atoms. The highest BCUT2D eigenvalue weighted by atomic mass is 32.1. The zero-order chi connectivity index (χ0) is 9.14. The Bertz CT molecular complexity index is 400. The van der Waals surface area contributed by atoms with Gasteiger partial charge in [0.25, 0.3) is 0 Å². The number of aromatic amines is 2.